The number of ether oxygens (including phenoxy) is 2. The normalized spacial score (nSPS) is 11.6. The molecule has 0 spiro atoms. The number of hydrogen-bond donors (Lipinski definition) is 3. The number of hydrogen-bond acceptors (Lipinski definition) is 5. The zero-order valence-electron chi connectivity index (χ0n) is 11.3. The Morgan fingerprint density at radius 3 is 2.60 bits per heavy atom. The number of carboxylic acid groups (broad SMARTS) is 1. The van der Waals surface area contributed by atoms with Crippen molar-refractivity contribution in [3.8, 4) is 11.5 Å². The van der Waals surface area contributed by atoms with E-state index in [0.29, 0.717) is 11.5 Å². The molecule has 0 aliphatic carbocycles. The molecule has 0 bridgehead atoms. The molecule has 0 aromatic heterocycles. The molecule has 1 unspecified atom stereocenters. The molecular formula is C13H17NO6. The van der Waals surface area contributed by atoms with E-state index in [4.69, 9.17) is 19.7 Å². The molecule has 0 saturated carbocycles. The molecule has 1 amide bonds. The number of carbonyl (C=O) groups is 2. The van der Waals surface area contributed by atoms with Gasteiger partial charge in [0.1, 0.15) is 6.04 Å². The minimum atomic E-state index is -1.34. The van der Waals surface area contributed by atoms with Crippen molar-refractivity contribution in [1.82, 2.24) is 5.32 Å². The lowest BCUT2D eigenvalue weighted by Gasteiger charge is -2.13. The monoisotopic (exact) mass is 283 g/mol. The van der Waals surface area contributed by atoms with E-state index in [1.807, 2.05) is 6.92 Å². The molecular weight excluding hydrogens is 266 g/mol. The van der Waals surface area contributed by atoms with Crippen molar-refractivity contribution in [2.45, 2.75) is 13.0 Å². The van der Waals surface area contributed by atoms with Crippen LogP contribution in [0, 0.1) is 6.92 Å². The van der Waals surface area contributed by atoms with E-state index in [9.17, 15) is 9.59 Å². The average Bonchev–Trinajstić information content (AvgIpc) is 2.42. The van der Waals surface area contributed by atoms with Crippen molar-refractivity contribution >= 4 is 11.9 Å². The lowest BCUT2D eigenvalue weighted by molar-refractivity contribution is -0.143. The SMILES string of the molecule is COc1cc(C)ccc1OCC(=O)NC(CO)C(=O)O. The number of aryl methyl sites for hydroxylation is 1. The number of aliphatic hydroxyl groups excluding tert-OH is 1. The van der Waals surface area contributed by atoms with Gasteiger partial charge in [0, 0.05) is 0 Å². The van der Waals surface area contributed by atoms with Crippen LogP contribution in [0.1, 0.15) is 5.56 Å². The Morgan fingerprint density at radius 1 is 1.35 bits per heavy atom. The van der Waals surface area contributed by atoms with E-state index in [2.05, 4.69) is 5.32 Å². The van der Waals surface area contributed by atoms with Crippen molar-refractivity contribution in [3.05, 3.63) is 23.8 Å². The standard InChI is InChI=1S/C13H17NO6/c1-8-3-4-10(11(5-8)19-2)20-7-12(16)14-9(6-15)13(17)18/h3-5,9,15H,6-7H2,1-2H3,(H,14,16)(H,17,18). The van der Waals surface area contributed by atoms with Crippen molar-refractivity contribution in [2.24, 2.45) is 0 Å². The molecule has 0 radical (unpaired) electrons. The highest BCUT2D eigenvalue weighted by Gasteiger charge is 2.19. The lowest BCUT2D eigenvalue weighted by atomic mass is 10.2. The molecule has 1 rings (SSSR count). The van der Waals surface area contributed by atoms with Crippen LogP contribution in [0.15, 0.2) is 18.2 Å². The van der Waals surface area contributed by atoms with Gasteiger partial charge in [-0.3, -0.25) is 4.79 Å². The Bertz CT molecular complexity index is 488. The van der Waals surface area contributed by atoms with E-state index in [0.717, 1.165) is 5.56 Å². The van der Waals surface area contributed by atoms with Gasteiger partial charge < -0.3 is 25.0 Å². The van der Waals surface area contributed by atoms with Crippen LogP contribution in [0.2, 0.25) is 0 Å². The van der Waals surface area contributed by atoms with Crippen molar-refractivity contribution in [3.63, 3.8) is 0 Å². The summed E-state index contributed by atoms with van der Waals surface area (Å²) in [6.45, 7) is 0.829. The first kappa shape index (κ1) is 15.8. The third-order valence-corrected chi connectivity index (χ3v) is 2.49. The summed E-state index contributed by atoms with van der Waals surface area (Å²) in [6.07, 6.45) is 0. The molecule has 110 valence electrons. The van der Waals surface area contributed by atoms with Crippen molar-refractivity contribution in [2.75, 3.05) is 20.3 Å². The van der Waals surface area contributed by atoms with E-state index >= 15 is 0 Å². The first-order valence-electron chi connectivity index (χ1n) is 5.88. The summed E-state index contributed by atoms with van der Waals surface area (Å²) in [7, 11) is 1.48. The first-order valence-corrected chi connectivity index (χ1v) is 5.88. The summed E-state index contributed by atoms with van der Waals surface area (Å²) in [5.74, 6) is -1.10. The molecule has 0 aliphatic heterocycles. The molecule has 3 N–H and O–H groups in total. The molecule has 0 heterocycles. The molecule has 1 atom stereocenters. The largest absolute Gasteiger partial charge is 0.493 e. The number of nitrogens with one attached hydrogen (secondary N) is 1. The van der Waals surface area contributed by atoms with Crippen LogP contribution in [0.4, 0.5) is 0 Å². The zero-order valence-corrected chi connectivity index (χ0v) is 11.3. The molecule has 7 nitrogen and oxygen atoms in total. The van der Waals surface area contributed by atoms with Gasteiger partial charge in [-0.2, -0.15) is 0 Å². The van der Waals surface area contributed by atoms with Gasteiger partial charge in [-0.25, -0.2) is 4.79 Å². The lowest BCUT2D eigenvalue weighted by Crippen LogP contribution is -2.45. The fourth-order valence-corrected chi connectivity index (χ4v) is 1.46. The quantitative estimate of drug-likeness (QED) is 0.647. The zero-order chi connectivity index (χ0) is 15.1. The maximum absolute atomic E-state index is 11.5. The summed E-state index contributed by atoms with van der Waals surface area (Å²) in [5.41, 5.74) is 0.977. The number of carboxylic acids is 1. The fourth-order valence-electron chi connectivity index (χ4n) is 1.46. The van der Waals surface area contributed by atoms with Gasteiger partial charge in [-0.15, -0.1) is 0 Å². The van der Waals surface area contributed by atoms with Crippen molar-refractivity contribution < 1.29 is 29.3 Å². The first-order chi connectivity index (χ1) is 9.47. The average molecular weight is 283 g/mol. The van der Waals surface area contributed by atoms with E-state index in [1.54, 1.807) is 18.2 Å². The molecule has 0 fully saturated rings. The van der Waals surface area contributed by atoms with Gasteiger partial charge in [-0.1, -0.05) is 6.07 Å². The Labute approximate surface area is 116 Å². The third kappa shape index (κ3) is 4.43. The number of benzene rings is 1. The second kappa shape index (κ2) is 7.34. The Balaban J connectivity index is 2.59. The second-order valence-electron chi connectivity index (χ2n) is 4.08. The summed E-state index contributed by atoms with van der Waals surface area (Å²) in [4.78, 5) is 22.1. The Morgan fingerprint density at radius 2 is 2.05 bits per heavy atom. The van der Waals surface area contributed by atoms with Crippen LogP contribution < -0.4 is 14.8 Å². The topological polar surface area (TPSA) is 105 Å². The van der Waals surface area contributed by atoms with Crippen LogP contribution in [-0.2, 0) is 9.59 Å². The number of methoxy groups -OCH3 is 1. The maximum Gasteiger partial charge on any atom is 0.328 e. The number of carbonyl (C=O) groups excluding carboxylic acids is 1. The Hall–Kier alpha value is -2.28. The molecule has 0 aliphatic rings. The highest BCUT2D eigenvalue weighted by Crippen LogP contribution is 2.27. The Kier molecular flexibility index (Phi) is 5.79. The van der Waals surface area contributed by atoms with Gasteiger partial charge in [0.05, 0.1) is 13.7 Å². The predicted molar refractivity (Wildman–Crippen MR) is 69.9 cm³/mol. The number of rotatable bonds is 7. The third-order valence-electron chi connectivity index (χ3n) is 2.49. The van der Waals surface area contributed by atoms with Crippen LogP contribution in [0.25, 0.3) is 0 Å². The summed E-state index contributed by atoms with van der Waals surface area (Å²) in [5, 5.41) is 19.6. The summed E-state index contributed by atoms with van der Waals surface area (Å²) < 4.78 is 10.4. The van der Waals surface area contributed by atoms with Crippen LogP contribution in [-0.4, -0.2) is 48.5 Å². The maximum atomic E-state index is 11.5. The highest BCUT2D eigenvalue weighted by molar-refractivity contribution is 5.84. The minimum absolute atomic E-state index is 0.372. The molecule has 7 heteroatoms. The van der Waals surface area contributed by atoms with Crippen LogP contribution in [0.5, 0.6) is 11.5 Å². The van der Waals surface area contributed by atoms with Gasteiger partial charge in [-0.05, 0) is 24.6 Å². The molecule has 1 aromatic carbocycles. The second-order valence-corrected chi connectivity index (χ2v) is 4.08. The van der Waals surface area contributed by atoms with E-state index < -0.39 is 24.5 Å². The van der Waals surface area contributed by atoms with Gasteiger partial charge >= 0.3 is 5.97 Å². The van der Waals surface area contributed by atoms with Gasteiger partial charge in [0.2, 0.25) is 0 Å². The van der Waals surface area contributed by atoms with E-state index in [1.165, 1.54) is 7.11 Å². The fraction of sp³-hybridized carbons (Fsp3) is 0.385. The van der Waals surface area contributed by atoms with Gasteiger partial charge in [0.25, 0.3) is 5.91 Å². The molecule has 1 aromatic rings. The molecule has 20 heavy (non-hydrogen) atoms. The van der Waals surface area contributed by atoms with Crippen LogP contribution >= 0.6 is 0 Å². The number of aliphatic hydroxyl groups is 1. The smallest absolute Gasteiger partial charge is 0.328 e. The summed E-state index contributed by atoms with van der Waals surface area (Å²) >= 11 is 0. The van der Waals surface area contributed by atoms with Crippen LogP contribution in [0.3, 0.4) is 0 Å². The highest BCUT2D eigenvalue weighted by atomic mass is 16.5. The van der Waals surface area contributed by atoms with Gasteiger partial charge in [0.15, 0.2) is 18.1 Å². The number of aliphatic carboxylic acids is 1. The molecule has 0 saturated heterocycles. The number of amides is 1. The summed E-state index contributed by atoms with van der Waals surface area (Å²) in [6, 6.07) is 3.86. The van der Waals surface area contributed by atoms with E-state index in [-0.39, 0.29) is 6.61 Å². The van der Waals surface area contributed by atoms with Crippen molar-refractivity contribution in [1.29, 1.82) is 0 Å². The minimum Gasteiger partial charge on any atom is -0.493 e. The predicted octanol–water partition coefficient (Wildman–Crippen LogP) is -0.0559.